The van der Waals surface area contributed by atoms with Crippen molar-refractivity contribution < 1.29 is 9.72 Å². The lowest BCUT2D eigenvalue weighted by Gasteiger charge is -2.02. The van der Waals surface area contributed by atoms with Gasteiger partial charge < -0.3 is 0 Å². The Balaban J connectivity index is 2.35. The van der Waals surface area contributed by atoms with Gasteiger partial charge >= 0.3 is 0 Å². The molecule has 3 rings (SSSR count). The van der Waals surface area contributed by atoms with Crippen LogP contribution in [0.15, 0.2) is 36.4 Å². The zero-order valence-electron chi connectivity index (χ0n) is 9.01. The molecule has 88 valence electrons. The number of halogens is 1. The topological polar surface area (TPSA) is 60.2 Å². The zero-order valence-corrected chi connectivity index (χ0v) is 9.77. The minimum atomic E-state index is -0.553. The van der Waals surface area contributed by atoms with Crippen molar-refractivity contribution in [2.24, 2.45) is 0 Å². The molecule has 0 aromatic heterocycles. The average Bonchev–Trinajstić information content (AvgIpc) is 2.64. The Kier molecular flexibility index (Phi) is 2.21. The highest BCUT2D eigenvalue weighted by atomic mass is 35.5. The number of nitrogens with zero attached hydrogens (tertiary/aromatic N) is 1. The van der Waals surface area contributed by atoms with Crippen LogP contribution in [0.25, 0.3) is 11.1 Å². The molecule has 0 radical (unpaired) electrons. The second-order valence-corrected chi connectivity index (χ2v) is 4.39. The van der Waals surface area contributed by atoms with Crippen LogP contribution in [-0.4, -0.2) is 10.7 Å². The molecule has 0 aliphatic heterocycles. The average molecular weight is 260 g/mol. The highest BCUT2D eigenvalue weighted by molar-refractivity contribution is 6.37. The minimum Gasteiger partial charge on any atom is -0.289 e. The summed E-state index contributed by atoms with van der Waals surface area (Å²) in [5.41, 5.74) is 1.99. The van der Waals surface area contributed by atoms with Crippen LogP contribution in [0.2, 0.25) is 5.02 Å². The Bertz CT molecular complexity index is 709. The predicted octanol–water partition coefficient (Wildman–Crippen LogP) is 3.46. The van der Waals surface area contributed by atoms with Crippen LogP contribution in [0.4, 0.5) is 5.69 Å². The first-order valence-corrected chi connectivity index (χ1v) is 5.59. The molecule has 0 fully saturated rings. The molecular formula is C13H6ClNO3. The summed E-state index contributed by atoms with van der Waals surface area (Å²) in [7, 11) is 0. The molecule has 1 aliphatic carbocycles. The summed E-state index contributed by atoms with van der Waals surface area (Å²) in [4.78, 5) is 22.3. The number of carbonyl (C=O) groups excluding carboxylic acids is 1. The van der Waals surface area contributed by atoms with Gasteiger partial charge in [0.15, 0.2) is 5.78 Å². The number of benzene rings is 2. The Labute approximate surface area is 107 Å². The number of non-ortho nitro benzene ring substituents is 1. The van der Waals surface area contributed by atoms with Crippen molar-refractivity contribution in [1.82, 2.24) is 0 Å². The number of ketones is 1. The molecule has 2 aromatic carbocycles. The van der Waals surface area contributed by atoms with Crippen molar-refractivity contribution in [2.75, 3.05) is 0 Å². The van der Waals surface area contributed by atoms with Gasteiger partial charge in [0.05, 0.1) is 9.95 Å². The summed E-state index contributed by atoms with van der Waals surface area (Å²) in [5.74, 6) is -0.216. The van der Waals surface area contributed by atoms with Crippen molar-refractivity contribution >= 4 is 23.1 Å². The van der Waals surface area contributed by atoms with Crippen LogP contribution in [0.5, 0.6) is 0 Å². The third kappa shape index (κ3) is 1.36. The van der Waals surface area contributed by atoms with Crippen molar-refractivity contribution in [3.8, 4) is 11.1 Å². The molecule has 5 heteroatoms. The maximum absolute atomic E-state index is 12.1. The first-order valence-electron chi connectivity index (χ1n) is 5.21. The van der Waals surface area contributed by atoms with Gasteiger partial charge in [-0.2, -0.15) is 0 Å². The maximum Gasteiger partial charge on any atom is 0.271 e. The highest BCUT2D eigenvalue weighted by Gasteiger charge is 2.30. The van der Waals surface area contributed by atoms with Crippen LogP contribution in [0.3, 0.4) is 0 Å². The number of nitro groups is 1. The predicted molar refractivity (Wildman–Crippen MR) is 67.0 cm³/mol. The second kappa shape index (κ2) is 3.65. The van der Waals surface area contributed by atoms with Gasteiger partial charge in [-0.1, -0.05) is 35.9 Å². The lowest BCUT2D eigenvalue weighted by Crippen LogP contribution is -1.97. The molecule has 4 nitrogen and oxygen atoms in total. The molecule has 0 atom stereocenters. The summed E-state index contributed by atoms with van der Waals surface area (Å²) in [6.07, 6.45) is 0. The van der Waals surface area contributed by atoms with Crippen LogP contribution >= 0.6 is 11.6 Å². The van der Waals surface area contributed by atoms with Crippen molar-refractivity contribution in [3.05, 3.63) is 62.7 Å². The lowest BCUT2D eigenvalue weighted by molar-refractivity contribution is -0.384. The SMILES string of the molecule is O=C1c2ccccc2-c2c(Cl)cc([N+](=O)[O-])cc21. The maximum atomic E-state index is 12.1. The smallest absolute Gasteiger partial charge is 0.271 e. The van der Waals surface area contributed by atoms with E-state index in [1.807, 2.05) is 0 Å². The lowest BCUT2D eigenvalue weighted by atomic mass is 10.1. The Morgan fingerprint density at radius 2 is 1.72 bits per heavy atom. The van der Waals surface area contributed by atoms with Crippen LogP contribution < -0.4 is 0 Å². The van der Waals surface area contributed by atoms with E-state index >= 15 is 0 Å². The molecule has 0 saturated heterocycles. The van der Waals surface area contributed by atoms with Gasteiger partial charge in [-0.25, -0.2) is 0 Å². The second-order valence-electron chi connectivity index (χ2n) is 3.98. The van der Waals surface area contributed by atoms with Gasteiger partial charge in [-0.3, -0.25) is 14.9 Å². The number of rotatable bonds is 1. The standard InChI is InChI=1S/C13H6ClNO3/c14-11-6-7(15(17)18)5-10-12(11)8-3-1-2-4-9(8)13(10)16/h1-6H. The van der Waals surface area contributed by atoms with Crippen molar-refractivity contribution in [2.45, 2.75) is 0 Å². The van der Waals surface area contributed by atoms with Gasteiger partial charge in [-0.15, -0.1) is 0 Å². The molecule has 0 bridgehead atoms. The van der Waals surface area contributed by atoms with Crippen molar-refractivity contribution in [1.29, 1.82) is 0 Å². The number of fused-ring (bicyclic) bond motifs is 3. The number of nitro benzene ring substituents is 1. The van der Waals surface area contributed by atoms with E-state index in [4.69, 9.17) is 11.6 Å². The van der Waals surface area contributed by atoms with Crippen LogP contribution in [0.1, 0.15) is 15.9 Å². The van der Waals surface area contributed by atoms with E-state index in [1.165, 1.54) is 12.1 Å². The Morgan fingerprint density at radius 1 is 1.06 bits per heavy atom. The molecule has 18 heavy (non-hydrogen) atoms. The summed E-state index contributed by atoms with van der Waals surface area (Å²) in [5, 5.41) is 11.0. The molecule has 1 aliphatic rings. The molecule has 0 N–H and O–H groups in total. The van der Waals surface area contributed by atoms with E-state index in [2.05, 4.69) is 0 Å². The van der Waals surface area contributed by atoms with Gasteiger partial charge in [0.1, 0.15) is 0 Å². The van der Waals surface area contributed by atoms with Crippen molar-refractivity contribution in [3.63, 3.8) is 0 Å². The van der Waals surface area contributed by atoms with Crippen LogP contribution in [0, 0.1) is 10.1 Å². The van der Waals surface area contributed by atoms with Gasteiger partial charge in [0.25, 0.3) is 5.69 Å². The minimum absolute atomic E-state index is 0.167. The quantitative estimate of drug-likeness (QED) is 0.497. The molecule has 2 aromatic rings. The van der Waals surface area contributed by atoms with E-state index in [-0.39, 0.29) is 16.5 Å². The highest BCUT2D eigenvalue weighted by Crippen LogP contribution is 2.42. The number of hydrogen-bond acceptors (Lipinski definition) is 3. The number of carbonyl (C=O) groups is 1. The molecule has 0 heterocycles. The monoisotopic (exact) mass is 259 g/mol. The van der Waals surface area contributed by atoms with E-state index in [1.54, 1.807) is 24.3 Å². The largest absolute Gasteiger partial charge is 0.289 e. The normalized spacial score (nSPS) is 12.2. The molecule has 0 unspecified atom stereocenters. The van der Waals surface area contributed by atoms with Gasteiger partial charge in [0.2, 0.25) is 0 Å². The first-order chi connectivity index (χ1) is 8.59. The van der Waals surface area contributed by atoms with E-state index in [0.717, 1.165) is 5.56 Å². The first kappa shape index (κ1) is 10.9. The fourth-order valence-corrected chi connectivity index (χ4v) is 2.51. The van der Waals surface area contributed by atoms with Crippen LogP contribution in [-0.2, 0) is 0 Å². The summed E-state index contributed by atoms with van der Waals surface area (Å²) in [6, 6.07) is 9.60. The van der Waals surface area contributed by atoms with E-state index < -0.39 is 4.92 Å². The van der Waals surface area contributed by atoms with Gasteiger partial charge in [-0.05, 0) is 5.56 Å². The summed E-state index contributed by atoms with van der Waals surface area (Å²) in [6.45, 7) is 0. The van der Waals surface area contributed by atoms with E-state index in [9.17, 15) is 14.9 Å². The third-order valence-electron chi connectivity index (χ3n) is 2.97. The fourth-order valence-electron chi connectivity index (χ4n) is 2.19. The molecule has 0 saturated carbocycles. The Hall–Kier alpha value is -2.20. The fraction of sp³-hybridized carbons (Fsp3) is 0. The third-order valence-corrected chi connectivity index (χ3v) is 3.27. The van der Waals surface area contributed by atoms with E-state index in [0.29, 0.717) is 16.7 Å². The number of hydrogen-bond donors (Lipinski definition) is 0. The molecular weight excluding hydrogens is 254 g/mol. The summed E-state index contributed by atoms with van der Waals surface area (Å²) < 4.78 is 0. The Morgan fingerprint density at radius 3 is 2.39 bits per heavy atom. The molecule has 0 spiro atoms. The summed E-state index contributed by atoms with van der Waals surface area (Å²) >= 11 is 6.06. The zero-order chi connectivity index (χ0) is 12.9. The molecule has 0 amide bonds. The van der Waals surface area contributed by atoms with Gasteiger partial charge in [0, 0.05) is 28.8 Å².